The Morgan fingerprint density at radius 1 is 0.690 bits per heavy atom. The van der Waals surface area contributed by atoms with Crippen LogP contribution in [-0.2, 0) is 12.8 Å². The molecular formula is C36H31NO4S. The molecule has 1 fully saturated rings. The lowest BCUT2D eigenvalue weighted by Crippen LogP contribution is -2.35. The van der Waals surface area contributed by atoms with E-state index >= 15 is 0 Å². The van der Waals surface area contributed by atoms with Crippen molar-refractivity contribution in [3.05, 3.63) is 136 Å². The fraction of sp³-hybridized carbons (Fsp3) is 0.194. The maximum Gasteiger partial charge on any atom is 0.193 e. The standard InChI is InChI=1S/C36H31NO4S/c38-31-17-19-37(20-18-31)30-15-13-26(14-16-30)32(39)21-24-5-9-27(10-6-24)36(41)28-11-7-25(8-12-28)22-33(40)35-23-29-3-1-2-4-34(29)42-35/h1-16,23,31,38H,17-22H2. The Bertz CT molecular complexity index is 1700. The van der Waals surface area contributed by atoms with Gasteiger partial charge in [-0.1, -0.05) is 66.7 Å². The summed E-state index contributed by atoms with van der Waals surface area (Å²) < 4.78 is 1.10. The highest BCUT2D eigenvalue weighted by Crippen LogP contribution is 2.27. The number of fused-ring (bicyclic) bond motifs is 1. The summed E-state index contributed by atoms with van der Waals surface area (Å²) >= 11 is 1.51. The molecule has 0 bridgehead atoms. The molecule has 2 heterocycles. The summed E-state index contributed by atoms with van der Waals surface area (Å²) in [6.45, 7) is 1.63. The zero-order valence-corrected chi connectivity index (χ0v) is 24.0. The summed E-state index contributed by atoms with van der Waals surface area (Å²) in [6.07, 6.45) is 1.85. The van der Waals surface area contributed by atoms with Crippen molar-refractivity contribution in [2.75, 3.05) is 18.0 Å². The fourth-order valence-electron chi connectivity index (χ4n) is 5.38. The molecule has 0 aliphatic carbocycles. The van der Waals surface area contributed by atoms with Crippen LogP contribution in [0.4, 0.5) is 5.69 Å². The first-order valence-electron chi connectivity index (χ1n) is 14.2. The minimum atomic E-state index is -0.218. The van der Waals surface area contributed by atoms with Crippen LogP contribution >= 0.6 is 11.3 Å². The van der Waals surface area contributed by atoms with Gasteiger partial charge in [-0.2, -0.15) is 0 Å². The molecule has 210 valence electrons. The number of hydrogen-bond donors (Lipinski definition) is 1. The molecule has 5 aromatic rings. The molecule has 6 rings (SSSR count). The van der Waals surface area contributed by atoms with Gasteiger partial charge in [0.2, 0.25) is 0 Å². The third-order valence-corrected chi connectivity index (χ3v) is 9.04. The van der Waals surface area contributed by atoms with Gasteiger partial charge in [-0.3, -0.25) is 14.4 Å². The van der Waals surface area contributed by atoms with E-state index in [2.05, 4.69) is 4.90 Å². The van der Waals surface area contributed by atoms with E-state index < -0.39 is 0 Å². The lowest BCUT2D eigenvalue weighted by molar-refractivity contribution is 0.0986. The Kier molecular flexibility index (Phi) is 8.08. The van der Waals surface area contributed by atoms with Crippen molar-refractivity contribution in [2.45, 2.75) is 31.8 Å². The number of anilines is 1. The van der Waals surface area contributed by atoms with Gasteiger partial charge in [0.25, 0.3) is 0 Å². The van der Waals surface area contributed by atoms with E-state index in [4.69, 9.17) is 0 Å². The molecular weight excluding hydrogens is 542 g/mol. The van der Waals surface area contributed by atoms with Gasteiger partial charge in [-0.15, -0.1) is 11.3 Å². The maximum atomic E-state index is 13.1. The number of nitrogens with zero attached hydrogens (tertiary/aromatic N) is 1. The normalized spacial score (nSPS) is 13.8. The fourth-order valence-corrected chi connectivity index (χ4v) is 6.38. The van der Waals surface area contributed by atoms with Crippen molar-refractivity contribution >= 4 is 44.5 Å². The SMILES string of the molecule is O=C(Cc1ccc(C(=O)c2ccc(CC(=O)c3cc4ccccc4s3)cc2)cc1)c1ccc(N2CCC(O)CC2)cc1. The molecule has 0 radical (unpaired) electrons. The first-order valence-corrected chi connectivity index (χ1v) is 15.1. The van der Waals surface area contributed by atoms with Crippen molar-refractivity contribution < 1.29 is 19.5 Å². The van der Waals surface area contributed by atoms with Crippen LogP contribution in [0.1, 0.15) is 59.9 Å². The number of thiophene rings is 1. The van der Waals surface area contributed by atoms with Crippen LogP contribution in [0.3, 0.4) is 0 Å². The number of rotatable bonds is 9. The Balaban J connectivity index is 1.04. The number of piperidine rings is 1. The molecule has 42 heavy (non-hydrogen) atoms. The molecule has 0 amide bonds. The number of Topliss-reactive ketones (excluding diaryl/α,β-unsaturated/α-hetero) is 2. The molecule has 1 aliphatic rings. The topological polar surface area (TPSA) is 74.7 Å². The van der Waals surface area contributed by atoms with E-state index in [1.54, 1.807) is 24.3 Å². The van der Waals surface area contributed by atoms with Gasteiger partial charge in [-0.25, -0.2) is 0 Å². The van der Waals surface area contributed by atoms with Crippen molar-refractivity contribution in [2.24, 2.45) is 0 Å². The Labute approximate surface area is 249 Å². The largest absolute Gasteiger partial charge is 0.393 e. The Morgan fingerprint density at radius 3 is 1.83 bits per heavy atom. The number of aliphatic hydroxyl groups is 1. The van der Waals surface area contributed by atoms with Crippen LogP contribution in [0.15, 0.2) is 103 Å². The quantitative estimate of drug-likeness (QED) is 0.193. The summed E-state index contributed by atoms with van der Waals surface area (Å²) in [6, 6.07) is 32.0. The summed E-state index contributed by atoms with van der Waals surface area (Å²) in [7, 11) is 0. The van der Waals surface area contributed by atoms with Crippen LogP contribution in [0.2, 0.25) is 0 Å². The first kappa shape index (κ1) is 27.8. The second-order valence-electron chi connectivity index (χ2n) is 10.8. The van der Waals surface area contributed by atoms with Crippen LogP contribution < -0.4 is 4.90 Å². The average Bonchev–Trinajstić information content (AvgIpc) is 3.47. The zero-order valence-electron chi connectivity index (χ0n) is 23.2. The Hall–Kier alpha value is -4.39. The minimum absolute atomic E-state index is 0.0236. The highest BCUT2D eigenvalue weighted by molar-refractivity contribution is 7.20. The molecule has 5 nitrogen and oxygen atoms in total. The smallest absolute Gasteiger partial charge is 0.193 e. The summed E-state index contributed by atoms with van der Waals surface area (Å²) in [5.74, 6) is -0.00866. The van der Waals surface area contributed by atoms with E-state index in [9.17, 15) is 19.5 Å². The first-order chi connectivity index (χ1) is 20.4. The predicted octanol–water partition coefficient (Wildman–Crippen LogP) is 6.94. The third kappa shape index (κ3) is 6.25. The van der Waals surface area contributed by atoms with Crippen LogP contribution in [0.25, 0.3) is 10.1 Å². The number of carbonyl (C=O) groups is 3. The third-order valence-electron chi connectivity index (χ3n) is 7.88. The van der Waals surface area contributed by atoms with Gasteiger partial charge in [0, 0.05) is 53.0 Å². The van der Waals surface area contributed by atoms with E-state index in [1.165, 1.54) is 11.3 Å². The predicted molar refractivity (Wildman–Crippen MR) is 168 cm³/mol. The molecule has 0 atom stereocenters. The molecule has 0 unspecified atom stereocenters. The second-order valence-corrected chi connectivity index (χ2v) is 11.9. The summed E-state index contributed by atoms with van der Waals surface area (Å²) in [4.78, 5) is 41.8. The lowest BCUT2D eigenvalue weighted by Gasteiger charge is -2.31. The van der Waals surface area contributed by atoms with Gasteiger partial charge in [0.15, 0.2) is 17.3 Å². The van der Waals surface area contributed by atoms with Crippen molar-refractivity contribution in [3.8, 4) is 0 Å². The van der Waals surface area contributed by atoms with Gasteiger partial charge in [-0.05, 0) is 65.8 Å². The highest BCUT2D eigenvalue weighted by atomic mass is 32.1. The van der Waals surface area contributed by atoms with Gasteiger partial charge >= 0.3 is 0 Å². The van der Waals surface area contributed by atoms with Crippen molar-refractivity contribution in [3.63, 3.8) is 0 Å². The maximum absolute atomic E-state index is 13.1. The number of carbonyl (C=O) groups excluding carboxylic acids is 3. The second kappa shape index (κ2) is 12.2. The van der Waals surface area contributed by atoms with Gasteiger partial charge in [0.05, 0.1) is 11.0 Å². The lowest BCUT2D eigenvalue weighted by atomic mass is 9.97. The molecule has 0 spiro atoms. The van der Waals surface area contributed by atoms with E-state index in [0.29, 0.717) is 16.7 Å². The highest BCUT2D eigenvalue weighted by Gasteiger charge is 2.18. The van der Waals surface area contributed by atoms with E-state index in [0.717, 1.165) is 57.7 Å². The molecule has 1 N–H and O–H groups in total. The van der Waals surface area contributed by atoms with Crippen LogP contribution in [0, 0.1) is 0 Å². The molecule has 1 aromatic heterocycles. The summed E-state index contributed by atoms with van der Waals surface area (Å²) in [5.41, 5.74) is 4.54. The van der Waals surface area contributed by atoms with E-state index in [1.807, 2.05) is 78.9 Å². The summed E-state index contributed by atoms with van der Waals surface area (Å²) in [5, 5.41) is 10.8. The molecule has 1 saturated heterocycles. The molecule has 1 aliphatic heterocycles. The van der Waals surface area contributed by atoms with Crippen LogP contribution in [-0.4, -0.2) is 41.6 Å². The zero-order chi connectivity index (χ0) is 29.1. The molecule has 0 saturated carbocycles. The van der Waals surface area contributed by atoms with Crippen LogP contribution in [0.5, 0.6) is 0 Å². The minimum Gasteiger partial charge on any atom is -0.393 e. The number of ketones is 3. The monoisotopic (exact) mass is 573 g/mol. The Morgan fingerprint density at radius 2 is 1.24 bits per heavy atom. The molecule has 4 aromatic carbocycles. The number of hydrogen-bond acceptors (Lipinski definition) is 6. The van der Waals surface area contributed by atoms with Gasteiger partial charge in [0.1, 0.15) is 0 Å². The molecule has 6 heteroatoms. The number of aliphatic hydroxyl groups excluding tert-OH is 1. The van der Waals surface area contributed by atoms with Gasteiger partial charge < -0.3 is 10.0 Å². The van der Waals surface area contributed by atoms with Crippen molar-refractivity contribution in [1.29, 1.82) is 0 Å². The van der Waals surface area contributed by atoms with Crippen molar-refractivity contribution in [1.82, 2.24) is 0 Å². The number of benzene rings is 4. The average molecular weight is 574 g/mol. The van der Waals surface area contributed by atoms with E-state index in [-0.39, 0.29) is 36.3 Å².